The van der Waals surface area contributed by atoms with Crippen molar-refractivity contribution >= 4 is 16.0 Å². The summed E-state index contributed by atoms with van der Waals surface area (Å²) >= 11 is 0. The van der Waals surface area contributed by atoms with Crippen LogP contribution in [0.4, 0.5) is 0 Å². The largest absolute Gasteiger partial charge is 0.340 e. The van der Waals surface area contributed by atoms with Gasteiger partial charge in [0.1, 0.15) is 5.88 Å². The van der Waals surface area contributed by atoms with Crippen LogP contribution in [0.25, 0.3) is 0 Å². The molecule has 0 saturated carbocycles. The molecule has 0 spiro atoms. The maximum Gasteiger partial charge on any atom is 0.283 e. The number of carbonyl (C=O) groups excluding carboxylic acids is 1. The molecule has 1 fully saturated rings. The highest BCUT2D eigenvalue weighted by Gasteiger charge is 2.48. The molecule has 1 aliphatic heterocycles. The van der Waals surface area contributed by atoms with Crippen molar-refractivity contribution in [1.82, 2.24) is 10.4 Å². The van der Waals surface area contributed by atoms with Crippen molar-refractivity contribution in [2.75, 3.05) is 5.88 Å². The molecule has 19 heavy (non-hydrogen) atoms. The van der Waals surface area contributed by atoms with Gasteiger partial charge >= 0.3 is 0 Å². The summed E-state index contributed by atoms with van der Waals surface area (Å²) in [5.41, 5.74) is -1.39. The highest BCUT2D eigenvalue weighted by molar-refractivity contribution is 7.85. The molecule has 0 bridgehead atoms. The topological polar surface area (TPSA) is 107 Å². The number of piperidine rings is 1. The average molecular weight is 293 g/mol. The van der Waals surface area contributed by atoms with Gasteiger partial charge in [0.05, 0.1) is 0 Å². The predicted octanol–water partition coefficient (Wildman–Crippen LogP) is 0.563. The maximum atomic E-state index is 12.1. The molecule has 1 saturated heterocycles. The number of hydroxylamine groups is 2. The standard InChI is InChI=1S/C11H21N2O5S/c1-10(2)5-8(6-11(3,4)13(10)15)9(14)12-7-19(16,17)18/h8H,5-7H2,1-4H3,(H,12,14)(H,16,17,18). The molecule has 0 aliphatic carbocycles. The highest BCUT2D eigenvalue weighted by atomic mass is 32.2. The predicted molar refractivity (Wildman–Crippen MR) is 68.0 cm³/mol. The number of nitrogens with zero attached hydrogens (tertiary/aromatic N) is 1. The lowest BCUT2D eigenvalue weighted by Crippen LogP contribution is -2.60. The van der Waals surface area contributed by atoms with E-state index in [1.807, 2.05) is 0 Å². The Morgan fingerprint density at radius 1 is 1.26 bits per heavy atom. The third-order valence-electron chi connectivity index (χ3n) is 3.39. The summed E-state index contributed by atoms with van der Waals surface area (Å²) in [4.78, 5) is 11.9. The molecule has 0 aromatic rings. The van der Waals surface area contributed by atoms with E-state index in [9.17, 15) is 18.4 Å². The lowest BCUT2D eigenvalue weighted by molar-refractivity contribution is -0.292. The van der Waals surface area contributed by atoms with Crippen LogP contribution in [0.15, 0.2) is 0 Å². The Labute approximate surface area is 113 Å². The van der Waals surface area contributed by atoms with Gasteiger partial charge in [-0.15, -0.1) is 10.3 Å². The normalized spacial score (nSPS) is 24.1. The Balaban J connectivity index is 2.77. The first kappa shape index (κ1) is 16.4. The Hall–Kier alpha value is -0.700. The van der Waals surface area contributed by atoms with Gasteiger partial charge in [-0.3, -0.25) is 9.35 Å². The summed E-state index contributed by atoms with van der Waals surface area (Å²) in [6.45, 7) is 7.02. The molecule has 111 valence electrons. The summed E-state index contributed by atoms with van der Waals surface area (Å²) in [6.07, 6.45) is 0.689. The monoisotopic (exact) mass is 293 g/mol. The van der Waals surface area contributed by atoms with Gasteiger partial charge in [-0.05, 0) is 40.5 Å². The van der Waals surface area contributed by atoms with E-state index in [0.29, 0.717) is 12.8 Å². The fraction of sp³-hybridized carbons (Fsp3) is 0.909. The van der Waals surface area contributed by atoms with E-state index in [4.69, 9.17) is 4.55 Å². The summed E-state index contributed by atoms with van der Waals surface area (Å²) in [5.74, 6) is -1.70. The molecule has 1 amide bonds. The first-order chi connectivity index (χ1) is 8.35. The van der Waals surface area contributed by atoms with Gasteiger partial charge in [-0.25, -0.2) is 0 Å². The Bertz CT molecular complexity index is 440. The minimum atomic E-state index is -4.23. The first-order valence-electron chi connectivity index (χ1n) is 6.05. The quantitative estimate of drug-likeness (QED) is 0.739. The second kappa shape index (κ2) is 5.01. The number of nitrogens with one attached hydrogen (secondary N) is 1. The van der Waals surface area contributed by atoms with Crippen molar-refractivity contribution in [2.24, 2.45) is 5.92 Å². The minimum Gasteiger partial charge on any atom is -0.340 e. The van der Waals surface area contributed by atoms with Crippen LogP contribution in [0.3, 0.4) is 0 Å². The van der Waals surface area contributed by atoms with E-state index in [1.165, 1.54) is 0 Å². The smallest absolute Gasteiger partial charge is 0.283 e. The molecule has 0 aromatic carbocycles. The molecule has 1 radical (unpaired) electrons. The zero-order chi connectivity index (χ0) is 15.1. The number of hydrogen-bond acceptors (Lipinski definition) is 4. The Kier molecular flexibility index (Phi) is 4.31. The molecular weight excluding hydrogens is 272 g/mol. The van der Waals surface area contributed by atoms with Crippen LogP contribution in [0, 0.1) is 5.92 Å². The highest BCUT2D eigenvalue weighted by Crippen LogP contribution is 2.40. The van der Waals surface area contributed by atoms with Crippen LogP contribution in [0.5, 0.6) is 0 Å². The van der Waals surface area contributed by atoms with Crippen LogP contribution in [0.1, 0.15) is 40.5 Å². The molecular formula is C11H21N2O5S. The van der Waals surface area contributed by atoms with Gasteiger partial charge in [0.25, 0.3) is 10.1 Å². The van der Waals surface area contributed by atoms with Crippen molar-refractivity contribution in [2.45, 2.75) is 51.6 Å². The van der Waals surface area contributed by atoms with Gasteiger partial charge in [0.2, 0.25) is 5.91 Å². The van der Waals surface area contributed by atoms with Crippen LogP contribution in [-0.2, 0) is 20.1 Å². The lowest BCUT2D eigenvalue weighted by Gasteiger charge is -2.49. The zero-order valence-electron chi connectivity index (χ0n) is 11.6. The van der Waals surface area contributed by atoms with E-state index < -0.39 is 38.9 Å². The van der Waals surface area contributed by atoms with Crippen molar-refractivity contribution in [3.8, 4) is 0 Å². The Morgan fingerprint density at radius 2 is 1.68 bits per heavy atom. The molecule has 1 heterocycles. The first-order valence-corrected chi connectivity index (χ1v) is 7.66. The number of rotatable bonds is 3. The number of amides is 1. The lowest BCUT2D eigenvalue weighted by atomic mass is 9.75. The van der Waals surface area contributed by atoms with Crippen molar-refractivity contribution < 1.29 is 23.0 Å². The molecule has 8 heteroatoms. The van der Waals surface area contributed by atoms with E-state index in [0.717, 1.165) is 5.06 Å². The summed E-state index contributed by atoms with van der Waals surface area (Å²) in [6, 6.07) is 0. The van der Waals surface area contributed by atoms with Gasteiger partial charge < -0.3 is 5.32 Å². The molecule has 7 nitrogen and oxygen atoms in total. The fourth-order valence-electron chi connectivity index (χ4n) is 2.76. The second-order valence-electron chi connectivity index (χ2n) is 6.29. The number of carbonyl (C=O) groups is 1. The van der Waals surface area contributed by atoms with Crippen molar-refractivity contribution in [3.63, 3.8) is 0 Å². The second-order valence-corrected chi connectivity index (χ2v) is 7.74. The van der Waals surface area contributed by atoms with Crippen LogP contribution < -0.4 is 5.32 Å². The van der Waals surface area contributed by atoms with Crippen LogP contribution in [0.2, 0.25) is 0 Å². The van der Waals surface area contributed by atoms with Crippen molar-refractivity contribution in [3.05, 3.63) is 0 Å². The summed E-state index contributed by atoms with van der Waals surface area (Å²) in [5, 5.41) is 15.3. The van der Waals surface area contributed by atoms with E-state index >= 15 is 0 Å². The third-order valence-corrected chi connectivity index (χ3v) is 3.90. The van der Waals surface area contributed by atoms with Gasteiger partial charge in [-0.2, -0.15) is 8.42 Å². The molecule has 1 aliphatic rings. The summed E-state index contributed by atoms with van der Waals surface area (Å²) in [7, 11) is -4.23. The van der Waals surface area contributed by atoms with E-state index in [2.05, 4.69) is 5.32 Å². The summed E-state index contributed by atoms with van der Waals surface area (Å²) < 4.78 is 29.8. The fourth-order valence-corrected chi connectivity index (χ4v) is 3.08. The molecule has 0 unspecified atom stereocenters. The molecule has 0 atom stereocenters. The van der Waals surface area contributed by atoms with Crippen LogP contribution in [-0.4, -0.2) is 40.9 Å². The number of hydrogen-bond donors (Lipinski definition) is 2. The molecule has 2 N–H and O–H groups in total. The zero-order valence-corrected chi connectivity index (χ0v) is 12.5. The van der Waals surface area contributed by atoms with Gasteiger partial charge in [0, 0.05) is 17.0 Å². The Morgan fingerprint density at radius 3 is 2.05 bits per heavy atom. The van der Waals surface area contributed by atoms with E-state index in [1.54, 1.807) is 27.7 Å². The molecule has 1 rings (SSSR count). The minimum absolute atomic E-state index is 0.344. The van der Waals surface area contributed by atoms with Crippen LogP contribution >= 0.6 is 0 Å². The average Bonchev–Trinajstić information content (AvgIpc) is 2.20. The maximum absolute atomic E-state index is 12.1. The third kappa shape index (κ3) is 4.13. The molecule has 0 aromatic heterocycles. The SMILES string of the molecule is CC1(C)CC(C(=O)NCS(=O)(=O)O)CC(C)(C)N1[O]. The van der Waals surface area contributed by atoms with Gasteiger partial charge in [0.15, 0.2) is 0 Å². The van der Waals surface area contributed by atoms with Gasteiger partial charge in [-0.1, -0.05) is 0 Å². The van der Waals surface area contributed by atoms with Crippen molar-refractivity contribution in [1.29, 1.82) is 0 Å². The van der Waals surface area contributed by atoms with E-state index in [-0.39, 0.29) is 0 Å².